The number of hydrogen-bond donors (Lipinski definition) is 1. The summed E-state index contributed by atoms with van der Waals surface area (Å²) in [4.78, 5) is 0. The summed E-state index contributed by atoms with van der Waals surface area (Å²) >= 11 is 0. The van der Waals surface area contributed by atoms with E-state index >= 15 is 0 Å². The lowest BCUT2D eigenvalue weighted by Crippen LogP contribution is -2.57. The molecule has 0 aliphatic heterocycles. The van der Waals surface area contributed by atoms with Crippen molar-refractivity contribution in [2.75, 3.05) is 12.4 Å². The molecule has 0 spiro atoms. The van der Waals surface area contributed by atoms with Crippen molar-refractivity contribution < 1.29 is 4.74 Å². The molecule has 1 aliphatic carbocycles. The van der Waals surface area contributed by atoms with Crippen LogP contribution in [0.4, 0.5) is 5.69 Å². The lowest BCUT2D eigenvalue weighted by atomic mass is 9.57. The maximum atomic E-state index is 5.83. The van der Waals surface area contributed by atoms with E-state index in [0.717, 1.165) is 6.42 Å². The molecule has 0 amide bonds. The first-order chi connectivity index (χ1) is 10.6. The van der Waals surface area contributed by atoms with Gasteiger partial charge in [-0.05, 0) is 47.8 Å². The van der Waals surface area contributed by atoms with Crippen molar-refractivity contribution in [3.8, 4) is 0 Å². The Morgan fingerprint density at radius 2 is 1.65 bits per heavy atom. The van der Waals surface area contributed by atoms with E-state index in [-0.39, 0.29) is 22.9 Å². The molecule has 0 saturated heterocycles. The average molecular weight is 317 g/mol. The lowest BCUT2D eigenvalue weighted by molar-refractivity contribution is -0.0908. The zero-order valence-electron chi connectivity index (χ0n) is 15.9. The molecule has 3 atom stereocenters. The van der Waals surface area contributed by atoms with Gasteiger partial charge in [-0.15, -0.1) is 0 Å². The van der Waals surface area contributed by atoms with Crippen molar-refractivity contribution >= 4 is 5.69 Å². The fourth-order valence-electron chi connectivity index (χ4n) is 4.66. The average Bonchev–Trinajstić information content (AvgIpc) is 2.42. The monoisotopic (exact) mass is 316 g/mol. The summed E-state index contributed by atoms with van der Waals surface area (Å²) in [6.45, 7) is 18.2. The fraction of sp³-hybridized carbons (Fsp3) is 0.667. The highest BCUT2D eigenvalue weighted by atomic mass is 16.5. The molecule has 23 heavy (non-hydrogen) atoms. The standard InChI is InChI=1S/C21H34NO/c1-14(2)16-9-11-17(12-10-16)22-18-15(3)19(23-8)21(6,7)13-20(18,4)5/h9-12,14-15,18-19,22H,3,13H2,1-2,4-8H3. The van der Waals surface area contributed by atoms with E-state index in [2.05, 4.69) is 78.0 Å². The number of methoxy groups -OCH3 is 1. The van der Waals surface area contributed by atoms with Crippen molar-refractivity contribution in [1.29, 1.82) is 0 Å². The van der Waals surface area contributed by atoms with Gasteiger partial charge in [0, 0.05) is 24.8 Å². The third kappa shape index (κ3) is 3.74. The van der Waals surface area contributed by atoms with Crippen LogP contribution in [0.25, 0.3) is 0 Å². The zero-order chi connectivity index (χ0) is 17.4. The van der Waals surface area contributed by atoms with Gasteiger partial charge in [0.25, 0.3) is 0 Å². The molecule has 2 nitrogen and oxygen atoms in total. The number of anilines is 1. The van der Waals surface area contributed by atoms with Gasteiger partial charge >= 0.3 is 0 Å². The number of rotatable bonds is 4. The first-order valence-corrected chi connectivity index (χ1v) is 8.81. The van der Waals surface area contributed by atoms with E-state index in [1.807, 2.05) is 7.11 Å². The normalized spacial score (nSPS) is 29.5. The van der Waals surface area contributed by atoms with Gasteiger partial charge in [0.1, 0.15) is 0 Å². The molecule has 0 heterocycles. The van der Waals surface area contributed by atoms with Gasteiger partial charge in [-0.25, -0.2) is 0 Å². The Hall–Kier alpha value is -1.02. The van der Waals surface area contributed by atoms with Crippen LogP contribution >= 0.6 is 0 Å². The van der Waals surface area contributed by atoms with E-state index in [9.17, 15) is 0 Å². The van der Waals surface area contributed by atoms with Gasteiger partial charge in [-0.1, -0.05) is 53.7 Å². The van der Waals surface area contributed by atoms with Crippen molar-refractivity contribution in [3.63, 3.8) is 0 Å². The van der Waals surface area contributed by atoms with Crippen LogP contribution in [0, 0.1) is 23.7 Å². The van der Waals surface area contributed by atoms with Gasteiger partial charge in [-0.2, -0.15) is 0 Å². The SMILES string of the molecule is [CH2]C1C(Nc2ccc(C(C)C)cc2)C(C)(C)CC(C)(C)C1OC. The minimum Gasteiger partial charge on any atom is -0.381 e. The molecular weight excluding hydrogens is 282 g/mol. The van der Waals surface area contributed by atoms with Gasteiger partial charge in [0.2, 0.25) is 0 Å². The van der Waals surface area contributed by atoms with E-state index < -0.39 is 0 Å². The Labute approximate surface area is 143 Å². The number of hydrogen-bond acceptors (Lipinski definition) is 2. The largest absolute Gasteiger partial charge is 0.381 e. The molecule has 3 unspecified atom stereocenters. The maximum Gasteiger partial charge on any atom is 0.0670 e. The molecule has 129 valence electrons. The molecule has 1 fully saturated rings. The molecule has 0 bridgehead atoms. The minimum atomic E-state index is 0.143. The molecule has 0 aromatic heterocycles. The molecule has 1 radical (unpaired) electrons. The second-order valence-electron chi connectivity index (χ2n) is 8.87. The van der Waals surface area contributed by atoms with Crippen LogP contribution in [0.5, 0.6) is 0 Å². The number of nitrogens with one attached hydrogen (secondary N) is 1. The van der Waals surface area contributed by atoms with Crippen LogP contribution in [0.3, 0.4) is 0 Å². The topological polar surface area (TPSA) is 21.3 Å². The Bertz CT molecular complexity index is 515. The molecule has 1 saturated carbocycles. The summed E-state index contributed by atoms with van der Waals surface area (Å²) in [6.07, 6.45) is 1.29. The predicted octanol–water partition coefficient (Wildman–Crippen LogP) is 5.51. The fourth-order valence-corrected chi connectivity index (χ4v) is 4.66. The molecule has 2 heteroatoms. The molecule has 2 rings (SSSR count). The highest BCUT2D eigenvalue weighted by Crippen LogP contribution is 2.50. The van der Waals surface area contributed by atoms with Gasteiger partial charge < -0.3 is 10.1 Å². The first-order valence-electron chi connectivity index (χ1n) is 8.81. The number of benzene rings is 1. The summed E-state index contributed by atoms with van der Waals surface area (Å²) in [5.41, 5.74) is 2.86. The lowest BCUT2D eigenvalue weighted by Gasteiger charge is -2.54. The smallest absolute Gasteiger partial charge is 0.0670 e. The molecule has 1 aliphatic rings. The first kappa shape index (κ1) is 18.3. The summed E-state index contributed by atoms with van der Waals surface area (Å²) in [6, 6.07) is 9.13. The van der Waals surface area contributed by atoms with Crippen molar-refractivity contribution in [2.45, 2.75) is 66.0 Å². The second-order valence-corrected chi connectivity index (χ2v) is 8.87. The maximum absolute atomic E-state index is 5.83. The zero-order valence-corrected chi connectivity index (χ0v) is 15.9. The Balaban J connectivity index is 2.23. The Morgan fingerprint density at radius 1 is 1.09 bits per heavy atom. The molecule has 1 N–H and O–H groups in total. The van der Waals surface area contributed by atoms with E-state index in [1.54, 1.807) is 0 Å². The number of ether oxygens (including phenoxy) is 1. The highest BCUT2D eigenvalue weighted by Gasteiger charge is 2.50. The summed E-state index contributed by atoms with van der Waals surface area (Å²) in [5.74, 6) is 0.776. The van der Waals surface area contributed by atoms with Crippen LogP contribution in [0.2, 0.25) is 0 Å². The van der Waals surface area contributed by atoms with Gasteiger partial charge in [0.15, 0.2) is 0 Å². The minimum absolute atomic E-state index is 0.143. The molecule has 1 aromatic carbocycles. The van der Waals surface area contributed by atoms with Crippen molar-refractivity contribution in [1.82, 2.24) is 0 Å². The van der Waals surface area contributed by atoms with Crippen molar-refractivity contribution in [3.05, 3.63) is 36.8 Å². The Morgan fingerprint density at radius 3 is 2.13 bits per heavy atom. The van der Waals surface area contributed by atoms with Crippen LogP contribution in [-0.4, -0.2) is 19.3 Å². The predicted molar refractivity (Wildman–Crippen MR) is 99.8 cm³/mol. The quantitative estimate of drug-likeness (QED) is 0.790. The second kappa shape index (κ2) is 6.47. The van der Waals surface area contributed by atoms with E-state index in [0.29, 0.717) is 12.0 Å². The summed E-state index contributed by atoms with van der Waals surface area (Å²) in [7, 11) is 1.82. The van der Waals surface area contributed by atoms with Gasteiger partial charge in [0.05, 0.1) is 6.10 Å². The third-order valence-corrected chi connectivity index (χ3v) is 5.49. The van der Waals surface area contributed by atoms with Gasteiger partial charge in [-0.3, -0.25) is 0 Å². The van der Waals surface area contributed by atoms with Crippen LogP contribution in [0.1, 0.15) is 59.4 Å². The summed E-state index contributed by atoms with van der Waals surface area (Å²) < 4.78 is 5.83. The Kier molecular flexibility index (Phi) is 5.15. The molecular formula is C21H34NO. The molecule has 1 aromatic rings. The van der Waals surface area contributed by atoms with Crippen LogP contribution in [-0.2, 0) is 4.74 Å². The highest BCUT2D eigenvalue weighted by molar-refractivity contribution is 5.47. The van der Waals surface area contributed by atoms with Crippen LogP contribution < -0.4 is 5.32 Å². The van der Waals surface area contributed by atoms with Crippen LogP contribution in [0.15, 0.2) is 24.3 Å². The third-order valence-electron chi connectivity index (χ3n) is 5.49. The van der Waals surface area contributed by atoms with Crippen molar-refractivity contribution in [2.24, 2.45) is 16.7 Å². The summed E-state index contributed by atoms with van der Waals surface area (Å²) in [5, 5.41) is 3.75. The van der Waals surface area contributed by atoms with E-state index in [1.165, 1.54) is 11.3 Å². The van der Waals surface area contributed by atoms with E-state index in [4.69, 9.17) is 4.74 Å².